The fraction of sp³-hybridized carbons (Fsp3) is 0.207. The van der Waals surface area contributed by atoms with E-state index in [2.05, 4.69) is 106 Å². The molecule has 0 saturated carbocycles. The summed E-state index contributed by atoms with van der Waals surface area (Å²) < 4.78 is 2.74. The summed E-state index contributed by atoms with van der Waals surface area (Å²) in [5, 5.41) is 4.22. The fourth-order valence-electron chi connectivity index (χ4n) is 4.53. The predicted molar refractivity (Wildman–Crippen MR) is 145 cm³/mol. The minimum Gasteiger partial charge on any atom is -0.256 e. The highest BCUT2D eigenvalue weighted by Crippen LogP contribution is 2.43. The summed E-state index contributed by atoms with van der Waals surface area (Å²) in [6.45, 7) is 11.8. The Morgan fingerprint density at radius 3 is 2.25 bits per heavy atom. The molecular weight excluding hydrogens is 422 g/mol. The number of fused-ring (bicyclic) bond motifs is 3. The summed E-state index contributed by atoms with van der Waals surface area (Å²) in [5.41, 5.74) is 6.39. The molecule has 0 amide bonds. The smallest absolute Gasteiger partial charge is 0.0784 e. The summed E-state index contributed by atoms with van der Waals surface area (Å²) >= 11 is 1.93. The second kappa shape index (κ2) is 7.98. The molecule has 160 valence electrons. The standard InChI is InChI=1S/C29H29NSSi/c1-19(2)21-16-17-30-25(18-21)24-13-9-12-22-23-14-15-26(32(3,4)5)27(29(23)31-28(22)24)20-10-7-6-8-11-20/h6-19H,1-5H3. The van der Waals surface area contributed by atoms with Gasteiger partial charge in [-0.05, 0) is 34.7 Å². The minimum absolute atomic E-state index is 0.488. The normalized spacial score (nSPS) is 12.2. The van der Waals surface area contributed by atoms with Gasteiger partial charge in [-0.25, -0.2) is 0 Å². The van der Waals surface area contributed by atoms with Crippen molar-refractivity contribution in [1.82, 2.24) is 4.98 Å². The van der Waals surface area contributed by atoms with E-state index in [4.69, 9.17) is 4.98 Å². The van der Waals surface area contributed by atoms with Crippen molar-refractivity contribution in [3.63, 3.8) is 0 Å². The van der Waals surface area contributed by atoms with Crippen LogP contribution in [-0.4, -0.2) is 13.1 Å². The van der Waals surface area contributed by atoms with Crippen LogP contribution in [0, 0.1) is 0 Å². The Labute approximate surface area is 195 Å². The highest BCUT2D eigenvalue weighted by molar-refractivity contribution is 7.27. The van der Waals surface area contributed by atoms with Crippen LogP contribution in [0.4, 0.5) is 0 Å². The van der Waals surface area contributed by atoms with Crippen molar-refractivity contribution >= 4 is 44.8 Å². The zero-order chi connectivity index (χ0) is 22.5. The van der Waals surface area contributed by atoms with Crippen LogP contribution in [0.25, 0.3) is 42.6 Å². The molecule has 0 bridgehead atoms. The molecule has 1 nitrogen and oxygen atoms in total. The van der Waals surface area contributed by atoms with E-state index >= 15 is 0 Å². The van der Waals surface area contributed by atoms with E-state index in [1.807, 2.05) is 17.5 Å². The maximum Gasteiger partial charge on any atom is 0.0784 e. The molecule has 0 aliphatic rings. The number of benzene rings is 3. The lowest BCUT2D eigenvalue weighted by molar-refractivity contribution is 0.864. The molecule has 32 heavy (non-hydrogen) atoms. The summed E-state index contributed by atoms with van der Waals surface area (Å²) in [6, 6.07) is 26.8. The van der Waals surface area contributed by atoms with Gasteiger partial charge in [-0.1, -0.05) is 99.3 Å². The molecular formula is C29H29NSSi. The first-order chi connectivity index (χ1) is 15.3. The lowest BCUT2D eigenvalue weighted by atomic mass is 9.99. The highest BCUT2D eigenvalue weighted by atomic mass is 32.1. The molecule has 0 saturated heterocycles. The topological polar surface area (TPSA) is 12.9 Å². The van der Waals surface area contributed by atoms with Gasteiger partial charge in [0, 0.05) is 31.9 Å². The van der Waals surface area contributed by atoms with Crippen molar-refractivity contribution in [3.05, 3.63) is 84.6 Å². The summed E-state index contributed by atoms with van der Waals surface area (Å²) in [4.78, 5) is 4.76. The first-order valence-electron chi connectivity index (χ1n) is 11.3. The lowest BCUT2D eigenvalue weighted by Crippen LogP contribution is -2.38. The van der Waals surface area contributed by atoms with Crippen molar-refractivity contribution < 1.29 is 0 Å². The summed E-state index contributed by atoms with van der Waals surface area (Å²) in [6.07, 6.45) is 1.95. The van der Waals surface area contributed by atoms with Crippen molar-refractivity contribution in [2.75, 3.05) is 0 Å². The van der Waals surface area contributed by atoms with Crippen LogP contribution in [0.3, 0.4) is 0 Å². The quantitative estimate of drug-likeness (QED) is 0.250. The van der Waals surface area contributed by atoms with Crippen molar-refractivity contribution in [3.8, 4) is 22.4 Å². The Morgan fingerprint density at radius 2 is 1.53 bits per heavy atom. The third-order valence-corrected chi connectivity index (χ3v) is 9.57. The number of hydrogen-bond donors (Lipinski definition) is 0. The number of hydrogen-bond acceptors (Lipinski definition) is 2. The Hall–Kier alpha value is -2.75. The molecule has 0 fully saturated rings. The number of aromatic nitrogens is 1. The lowest BCUT2D eigenvalue weighted by Gasteiger charge is -2.22. The van der Waals surface area contributed by atoms with E-state index in [1.54, 1.807) is 0 Å². The Bertz CT molecular complexity index is 1420. The molecule has 5 rings (SSSR count). The van der Waals surface area contributed by atoms with Crippen LogP contribution in [0.1, 0.15) is 25.3 Å². The molecule has 2 aromatic heterocycles. The summed E-state index contributed by atoms with van der Waals surface area (Å²) in [7, 11) is -1.53. The number of pyridine rings is 1. The highest BCUT2D eigenvalue weighted by Gasteiger charge is 2.24. The van der Waals surface area contributed by atoms with E-state index in [9.17, 15) is 0 Å². The molecule has 2 heterocycles. The SMILES string of the molecule is CC(C)c1ccnc(-c2cccc3c2sc2c(-c4ccccc4)c([Si](C)(C)C)ccc23)c1. The average Bonchev–Trinajstić information content (AvgIpc) is 3.17. The first-order valence-corrected chi connectivity index (χ1v) is 15.7. The molecule has 0 spiro atoms. The van der Waals surface area contributed by atoms with Gasteiger partial charge in [0.2, 0.25) is 0 Å². The third kappa shape index (κ3) is 3.60. The zero-order valence-electron chi connectivity index (χ0n) is 19.4. The molecule has 0 N–H and O–H groups in total. The van der Waals surface area contributed by atoms with Crippen molar-refractivity contribution in [2.45, 2.75) is 39.4 Å². The van der Waals surface area contributed by atoms with Crippen LogP contribution in [0.15, 0.2) is 79.0 Å². The molecule has 0 aliphatic carbocycles. The van der Waals surface area contributed by atoms with Crippen LogP contribution < -0.4 is 5.19 Å². The van der Waals surface area contributed by atoms with Crippen molar-refractivity contribution in [2.24, 2.45) is 0 Å². The average molecular weight is 452 g/mol. The van der Waals surface area contributed by atoms with Gasteiger partial charge in [-0.15, -0.1) is 11.3 Å². The van der Waals surface area contributed by atoms with Gasteiger partial charge in [0.1, 0.15) is 0 Å². The van der Waals surface area contributed by atoms with Gasteiger partial charge >= 0.3 is 0 Å². The number of rotatable bonds is 4. The zero-order valence-corrected chi connectivity index (χ0v) is 21.3. The Balaban J connectivity index is 1.85. The summed E-state index contributed by atoms with van der Waals surface area (Å²) in [5.74, 6) is 0.488. The van der Waals surface area contributed by atoms with Crippen LogP contribution in [0.2, 0.25) is 19.6 Å². The van der Waals surface area contributed by atoms with E-state index < -0.39 is 8.07 Å². The second-order valence-electron chi connectivity index (χ2n) is 9.89. The van der Waals surface area contributed by atoms with E-state index in [-0.39, 0.29) is 0 Å². The maximum absolute atomic E-state index is 4.76. The number of nitrogens with zero attached hydrogens (tertiary/aromatic N) is 1. The predicted octanol–water partition coefficient (Wildman–Crippen LogP) is 8.45. The second-order valence-corrected chi connectivity index (χ2v) is 16.0. The van der Waals surface area contributed by atoms with Gasteiger partial charge in [0.15, 0.2) is 0 Å². The molecule has 3 aromatic carbocycles. The molecule has 0 aliphatic heterocycles. The van der Waals surface area contributed by atoms with Crippen LogP contribution in [-0.2, 0) is 0 Å². The minimum atomic E-state index is -1.53. The third-order valence-electron chi connectivity index (χ3n) is 6.26. The van der Waals surface area contributed by atoms with Crippen molar-refractivity contribution in [1.29, 1.82) is 0 Å². The van der Waals surface area contributed by atoms with Gasteiger partial charge in [0.05, 0.1) is 13.8 Å². The molecule has 0 unspecified atom stereocenters. The van der Waals surface area contributed by atoms with Gasteiger partial charge < -0.3 is 0 Å². The first kappa shape index (κ1) is 21.1. The van der Waals surface area contributed by atoms with E-state index in [0.29, 0.717) is 5.92 Å². The van der Waals surface area contributed by atoms with Crippen LogP contribution >= 0.6 is 11.3 Å². The van der Waals surface area contributed by atoms with Gasteiger partial charge in [-0.2, -0.15) is 0 Å². The van der Waals surface area contributed by atoms with E-state index in [0.717, 1.165) is 5.69 Å². The fourth-order valence-corrected chi connectivity index (χ4v) is 7.62. The van der Waals surface area contributed by atoms with Gasteiger partial charge in [0.25, 0.3) is 0 Å². The molecule has 3 heteroatoms. The number of thiophene rings is 1. The Morgan fingerprint density at radius 1 is 0.781 bits per heavy atom. The molecule has 0 radical (unpaired) electrons. The molecule has 0 atom stereocenters. The van der Waals surface area contributed by atoms with Gasteiger partial charge in [-0.3, -0.25) is 4.98 Å². The largest absolute Gasteiger partial charge is 0.256 e. The maximum atomic E-state index is 4.76. The van der Waals surface area contributed by atoms with Crippen LogP contribution in [0.5, 0.6) is 0 Å². The van der Waals surface area contributed by atoms with E-state index in [1.165, 1.54) is 47.6 Å². The monoisotopic (exact) mass is 451 g/mol. The molecule has 5 aromatic rings. The Kier molecular flexibility index (Phi) is 5.27.